The first kappa shape index (κ1) is 26.5. The molecule has 0 aromatic rings. The largest absolute Gasteiger partial charge is 0.477 e. The van der Waals surface area contributed by atoms with Crippen LogP contribution in [0.5, 0.6) is 0 Å². The number of nitrogens with zero attached hydrogens (tertiary/aromatic N) is 3. The highest BCUT2D eigenvalue weighted by atomic mass is 16.6. The van der Waals surface area contributed by atoms with Gasteiger partial charge in [-0.15, -0.1) is 0 Å². The van der Waals surface area contributed by atoms with Crippen molar-refractivity contribution in [1.82, 2.24) is 5.32 Å². The van der Waals surface area contributed by atoms with Crippen LogP contribution in [0, 0.1) is 5.92 Å². The summed E-state index contributed by atoms with van der Waals surface area (Å²) in [5.74, 6) is -4.25. The molecule has 0 saturated heterocycles. The highest BCUT2D eigenvalue weighted by molar-refractivity contribution is 5.87. The first-order valence-corrected chi connectivity index (χ1v) is 10.4. The fourth-order valence-electron chi connectivity index (χ4n) is 3.32. The average molecular weight is 482 g/mol. The fraction of sp³-hybridized carbons (Fsp3) is 0.650. The van der Waals surface area contributed by atoms with Crippen LogP contribution in [0.4, 0.5) is 0 Å². The van der Waals surface area contributed by atoms with Gasteiger partial charge in [-0.3, -0.25) is 19.2 Å². The standard InChI is InChI=1S/C20H26N4O10/c1-9(25)31-8-15(32-10(2)26)17(33-11(3)27)18-16(22-19(28)12-5-6-12)13(23-24-21)7-14(34-18)20(29)30-4/h7,12-13,15-18H,5-6,8H2,1-4H3,(H,22,28)/t13-,15+,16+,17+,18+/m0/s1. The molecule has 2 aliphatic rings. The van der Waals surface area contributed by atoms with Crippen LogP contribution in [0.2, 0.25) is 0 Å². The molecule has 0 aromatic carbocycles. The molecule has 0 unspecified atom stereocenters. The Bertz CT molecular complexity index is 909. The summed E-state index contributed by atoms with van der Waals surface area (Å²) in [5.41, 5.74) is 9.06. The highest BCUT2D eigenvalue weighted by Gasteiger charge is 2.48. The van der Waals surface area contributed by atoms with Gasteiger partial charge in [-0.2, -0.15) is 0 Å². The molecule has 186 valence electrons. The molecule has 0 radical (unpaired) electrons. The molecule has 1 heterocycles. The van der Waals surface area contributed by atoms with Crippen molar-refractivity contribution >= 4 is 29.8 Å². The van der Waals surface area contributed by atoms with Crippen molar-refractivity contribution in [3.05, 3.63) is 22.3 Å². The normalized spacial score (nSPS) is 22.9. The van der Waals surface area contributed by atoms with Crippen molar-refractivity contribution in [2.24, 2.45) is 11.0 Å². The van der Waals surface area contributed by atoms with Crippen LogP contribution in [0.1, 0.15) is 33.6 Å². The number of azide groups is 1. The number of rotatable bonds is 10. The predicted molar refractivity (Wildman–Crippen MR) is 110 cm³/mol. The lowest BCUT2D eigenvalue weighted by atomic mass is 9.92. The van der Waals surface area contributed by atoms with Gasteiger partial charge in [0.1, 0.15) is 6.61 Å². The molecule has 1 amide bonds. The van der Waals surface area contributed by atoms with Gasteiger partial charge in [0.05, 0.1) is 19.2 Å². The van der Waals surface area contributed by atoms with Gasteiger partial charge in [-0.25, -0.2) is 4.79 Å². The number of carbonyl (C=O) groups is 5. The molecule has 1 N–H and O–H groups in total. The lowest BCUT2D eigenvalue weighted by Gasteiger charge is -2.40. The predicted octanol–water partition coefficient (Wildman–Crippen LogP) is 0.442. The minimum atomic E-state index is -1.49. The van der Waals surface area contributed by atoms with E-state index in [1.54, 1.807) is 0 Å². The van der Waals surface area contributed by atoms with Crippen molar-refractivity contribution in [3.63, 3.8) is 0 Å². The summed E-state index contributed by atoms with van der Waals surface area (Å²) < 4.78 is 26.0. The fourth-order valence-corrected chi connectivity index (χ4v) is 3.32. The third-order valence-electron chi connectivity index (χ3n) is 4.90. The van der Waals surface area contributed by atoms with E-state index in [1.807, 2.05) is 0 Å². The molecule has 1 aliphatic heterocycles. The smallest absolute Gasteiger partial charge is 0.372 e. The van der Waals surface area contributed by atoms with E-state index in [4.69, 9.17) is 24.5 Å². The van der Waals surface area contributed by atoms with Crippen molar-refractivity contribution in [2.75, 3.05) is 13.7 Å². The van der Waals surface area contributed by atoms with Crippen LogP contribution < -0.4 is 5.32 Å². The van der Waals surface area contributed by atoms with Gasteiger partial charge in [-0.05, 0) is 24.4 Å². The number of nitrogens with one attached hydrogen (secondary N) is 1. The lowest BCUT2D eigenvalue weighted by molar-refractivity contribution is -0.188. The second kappa shape index (κ2) is 11.9. The molecule has 14 nitrogen and oxygen atoms in total. The van der Waals surface area contributed by atoms with Crippen molar-refractivity contribution in [1.29, 1.82) is 0 Å². The Hall–Kier alpha value is -3.80. The Balaban J connectivity index is 2.55. The van der Waals surface area contributed by atoms with E-state index in [2.05, 4.69) is 20.1 Å². The lowest BCUT2D eigenvalue weighted by Crippen LogP contribution is -2.61. The average Bonchev–Trinajstić information content (AvgIpc) is 3.60. The zero-order valence-corrected chi connectivity index (χ0v) is 19.1. The van der Waals surface area contributed by atoms with E-state index < -0.39 is 60.9 Å². The number of hydrogen-bond acceptors (Lipinski definition) is 11. The summed E-state index contributed by atoms with van der Waals surface area (Å²) in [5, 5.41) is 6.34. The molecule has 0 bridgehead atoms. The second-order valence-electron chi connectivity index (χ2n) is 7.63. The summed E-state index contributed by atoms with van der Waals surface area (Å²) in [6.07, 6.45) is -1.79. The monoisotopic (exact) mass is 482 g/mol. The Morgan fingerprint density at radius 1 is 1.15 bits per heavy atom. The Morgan fingerprint density at radius 3 is 2.29 bits per heavy atom. The van der Waals surface area contributed by atoms with Crippen LogP contribution in [0.15, 0.2) is 16.9 Å². The SMILES string of the molecule is COC(=O)C1=C[C@H](N=[N+]=[N-])[C@@H](NC(=O)C2CC2)[C@H]([C@H](OC(C)=O)[C@@H](COC(C)=O)OC(C)=O)O1. The van der Waals surface area contributed by atoms with Gasteiger partial charge in [0.15, 0.2) is 18.3 Å². The number of ether oxygens (including phenoxy) is 5. The third-order valence-corrected chi connectivity index (χ3v) is 4.90. The van der Waals surface area contributed by atoms with E-state index in [-0.39, 0.29) is 17.6 Å². The number of carbonyl (C=O) groups excluding carboxylic acids is 5. The molecule has 14 heteroatoms. The third kappa shape index (κ3) is 7.37. The van der Waals surface area contributed by atoms with Gasteiger partial charge >= 0.3 is 23.9 Å². The van der Waals surface area contributed by atoms with Crippen LogP contribution >= 0.6 is 0 Å². The maximum absolute atomic E-state index is 12.6. The molecule has 0 aromatic heterocycles. The summed E-state index contributed by atoms with van der Waals surface area (Å²) in [6, 6.07) is -2.30. The minimum Gasteiger partial charge on any atom is -0.477 e. The van der Waals surface area contributed by atoms with E-state index in [0.717, 1.165) is 34.0 Å². The highest BCUT2D eigenvalue weighted by Crippen LogP contribution is 2.32. The van der Waals surface area contributed by atoms with E-state index >= 15 is 0 Å². The van der Waals surface area contributed by atoms with Crippen molar-refractivity contribution < 1.29 is 47.7 Å². The first-order chi connectivity index (χ1) is 16.1. The van der Waals surface area contributed by atoms with Gasteiger partial charge in [0.25, 0.3) is 0 Å². The summed E-state index contributed by atoms with van der Waals surface area (Å²) in [4.78, 5) is 62.6. The zero-order valence-electron chi connectivity index (χ0n) is 19.1. The van der Waals surface area contributed by atoms with Crippen molar-refractivity contribution in [2.45, 2.75) is 64.0 Å². The number of esters is 4. The van der Waals surface area contributed by atoms with Gasteiger partial charge in [-0.1, -0.05) is 5.11 Å². The van der Waals surface area contributed by atoms with Crippen molar-refractivity contribution in [3.8, 4) is 0 Å². The molecular formula is C20H26N4O10. The van der Waals surface area contributed by atoms with Gasteiger partial charge in [0, 0.05) is 31.6 Å². The number of methoxy groups -OCH3 is 1. The molecular weight excluding hydrogens is 456 g/mol. The van der Waals surface area contributed by atoms with E-state index in [1.165, 1.54) is 0 Å². The summed E-state index contributed by atoms with van der Waals surface area (Å²) >= 11 is 0. The zero-order chi connectivity index (χ0) is 25.4. The molecule has 1 saturated carbocycles. The number of hydrogen-bond donors (Lipinski definition) is 1. The first-order valence-electron chi connectivity index (χ1n) is 10.4. The molecule has 5 atom stereocenters. The Labute approximate surface area is 194 Å². The minimum absolute atomic E-state index is 0.254. The Kier molecular flexibility index (Phi) is 9.25. The van der Waals surface area contributed by atoms with Gasteiger partial charge in [0.2, 0.25) is 11.7 Å². The second-order valence-corrected chi connectivity index (χ2v) is 7.63. The molecule has 34 heavy (non-hydrogen) atoms. The maximum Gasteiger partial charge on any atom is 0.372 e. The van der Waals surface area contributed by atoms with Crippen LogP contribution in [0.25, 0.3) is 10.4 Å². The summed E-state index contributed by atoms with van der Waals surface area (Å²) in [6.45, 7) is 2.76. The van der Waals surface area contributed by atoms with Gasteiger partial charge < -0.3 is 29.0 Å². The topological polar surface area (TPSA) is 192 Å². The van der Waals surface area contributed by atoms with Crippen LogP contribution in [0.3, 0.4) is 0 Å². The van der Waals surface area contributed by atoms with Crippen LogP contribution in [-0.4, -0.2) is 73.9 Å². The quantitative estimate of drug-likeness (QED) is 0.150. The molecule has 2 rings (SSSR count). The summed E-state index contributed by atoms with van der Waals surface area (Å²) in [7, 11) is 1.09. The maximum atomic E-state index is 12.6. The molecule has 0 spiro atoms. The van der Waals surface area contributed by atoms with Crippen LogP contribution in [-0.2, 0) is 47.7 Å². The Morgan fingerprint density at radius 2 is 1.79 bits per heavy atom. The molecule has 1 fully saturated rings. The molecule has 1 aliphatic carbocycles. The van der Waals surface area contributed by atoms with E-state index in [9.17, 15) is 24.0 Å². The number of amides is 1. The van der Waals surface area contributed by atoms with E-state index in [0.29, 0.717) is 12.8 Å².